The van der Waals surface area contributed by atoms with E-state index in [1.54, 1.807) is 19.0 Å². The molecule has 0 radical (unpaired) electrons. The normalized spacial score (nSPS) is 12.6. The van der Waals surface area contributed by atoms with Gasteiger partial charge in [0.15, 0.2) is 5.96 Å². The van der Waals surface area contributed by atoms with Crippen molar-refractivity contribution in [3.05, 3.63) is 35.9 Å². The highest BCUT2D eigenvalue weighted by Crippen LogP contribution is 2.10. The summed E-state index contributed by atoms with van der Waals surface area (Å²) in [4.78, 5) is 17.8. The minimum Gasteiger partial charge on any atom is -0.382 e. The zero-order valence-electron chi connectivity index (χ0n) is 15.9. The van der Waals surface area contributed by atoms with E-state index in [1.165, 1.54) is 5.56 Å². The number of aliphatic imine (C=N–C) groups is 1. The molecule has 1 atom stereocenters. The number of benzene rings is 1. The summed E-state index contributed by atoms with van der Waals surface area (Å²) in [6.45, 7) is 6.52. The van der Waals surface area contributed by atoms with Crippen LogP contribution in [0.3, 0.4) is 0 Å². The van der Waals surface area contributed by atoms with Crippen LogP contribution in [0.25, 0.3) is 0 Å². The molecule has 0 saturated carbocycles. The molecule has 0 spiro atoms. The monoisotopic (exact) mass is 348 g/mol. The number of hydrogen-bond acceptors (Lipinski definition) is 3. The van der Waals surface area contributed by atoms with Crippen molar-refractivity contribution in [2.45, 2.75) is 32.7 Å². The van der Waals surface area contributed by atoms with E-state index in [9.17, 15) is 4.79 Å². The minimum absolute atomic E-state index is 0.0233. The number of carbonyl (C=O) groups excluding carboxylic acids is 1. The zero-order chi connectivity index (χ0) is 18.5. The highest BCUT2D eigenvalue weighted by atomic mass is 16.5. The molecule has 0 aliphatic carbocycles. The Morgan fingerprint density at radius 3 is 2.60 bits per heavy atom. The fourth-order valence-corrected chi connectivity index (χ4v) is 2.15. The maximum atomic E-state index is 11.8. The lowest BCUT2D eigenvalue weighted by atomic mass is 10.1. The molecule has 140 valence electrons. The summed E-state index contributed by atoms with van der Waals surface area (Å²) in [7, 11) is 3.47. The van der Waals surface area contributed by atoms with Crippen LogP contribution in [-0.2, 0) is 9.53 Å². The second kappa shape index (κ2) is 12.3. The van der Waals surface area contributed by atoms with Crippen LogP contribution in [0.15, 0.2) is 35.3 Å². The number of guanidine groups is 1. The first-order valence-corrected chi connectivity index (χ1v) is 8.92. The maximum absolute atomic E-state index is 11.8. The number of nitrogens with one attached hydrogen (secondary N) is 2. The average Bonchev–Trinajstić information content (AvgIpc) is 2.62. The summed E-state index contributed by atoms with van der Waals surface area (Å²) in [6, 6.07) is 10.3. The molecule has 0 bridgehead atoms. The largest absolute Gasteiger partial charge is 0.382 e. The third-order valence-corrected chi connectivity index (χ3v) is 3.74. The van der Waals surface area contributed by atoms with Crippen LogP contribution in [-0.4, -0.2) is 57.2 Å². The molecule has 2 N–H and O–H groups in total. The first kappa shape index (κ1) is 21.0. The highest BCUT2D eigenvalue weighted by molar-refractivity contribution is 5.85. The number of hydrogen-bond donors (Lipinski definition) is 2. The molecule has 1 aromatic rings. The Balaban J connectivity index is 2.57. The van der Waals surface area contributed by atoms with Crippen molar-refractivity contribution in [1.29, 1.82) is 0 Å². The maximum Gasteiger partial charge on any atom is 0.243 e. The predicted octanol–water partition coefficient (Wildman–Crippen LogP) is 2.19. The number of likely N-dealkylation sites (N-methyl/N-ethyl adjacent to an activating group) is 1. The third-order valence-electron chi connectivity index (χ3n) is 3.74. The van der Waals surface area contributed by atoms with Gasteiger partial charge in [0.1, 0.15) is 6.54 Å². The van der Waals surface area contributed by atoms with Gasteiger partial charge in [-0.25, -0.2) is 4.99 Å². The molecule has 1 rings (SSSR count). The molecule has 1 aromatic carbocycles. The molecule has 0 aliphatic heterocycles. The number of ether oxygens (including phenoxy) is 1. The van der Waals surface area contributed by atoms with Crippen molar-refractivity contribution in [1.82, 2.24) is 15.5 Å². The summed E-state index contributed by atoms with van der Waals surface area (Å²) in [5.41, 5.74) is 1.17. The van der Waals surface area contributed by atoms with Crippen molar-refractivity contribution in [2.75, 3.05) is 40.4 Å². The Bertz CT molecular complexity index is 517. The summed E-state index contributed by atoms with van der Waals surface area (Å²) in [5.74, 6) is 0.632. The van der Waals surface area contributed by atoms with E-state index in [1.807, 2.05) is 25.1 Å². The number of rotatable bonds is 10. The molecular weight excluding hydrogens is 316 g/mol. The second-order valence-electron chi connectivity index (χ2n) is 6.06. The Morgan fingerprint density at radius 1 is 1.24 bits per heavy atom. The van der Waals surface area contributed by atoms with Crippen molar-refractivity contribution in [3.8, 4) is 0 Å². The third kappa shape index (κ3) is 9.10. The Hall–Kier alpha value is -2.08. The van der Waals surface area contributed by atoms with Gasteiger partial charge in [0.25, 0.3) is 0 Å². The number of unbranched alkanes of at least 4 members (excludes halogenated alkanes) is 1. The van der Waals surface area contributed by atoms with Crippen LogP contribution in [0.4, 0.5) is 0 Å². The van der Waals surface area contributed by atoms with Gasteiger partial charge in [-0.3, -0.25) is 4.79 Å². The second-order valence-corrected chi connectivity index (χ2v) is 6.06. The molecule has 0 saturated heterocycles. The van der Waals surface area contributed by atoms with Gasteiger partial charge in [0.05, 0.1) is 6.04 Å². The van der Waals surface area contributed by atoms with Crippen LogP contribution in [0, 0.1) is 0 Å². The van der Waals surface area contributed by atoms with Crippen molar-refractivity contribution >= 4 is 11.9 Å². The highest BCUT2D eigenvalue weighted by Gasteiger charge is 2.09. The Kier molecular flexibility index (Phi) is 10.3. The van der Waals surface area contributed by atoms with Gasteiger partial charge in [0.2, 0.25) is 5.91 Å². The van der Waals surface area contributed by atoms with Gasteiger partial charge < -0.3 is 20.3 Å². The SMILES string of the molecule is CCOCCCCNC(=NCC(=O)N(C)C)NC(C)c1ccccc1. The lowest BCUT2D eigenvalue weighted by Gasteiger charge is -2.19. The molecule has 0 fully saturated rings. The Labute approximate surface area is 151 Å². The van der Waals surface area contributed by atoms with Gasteiger partial charge in [-0.05, 0) is 32.3 Å². The van der Waals surface area contributed by atoms with Crippen LogP contribution < -0.4 is 10.6 Å². The number of amides is 1. The topological polar surface area (TPSA) is 66.0 Å². The van der Waals surface area contributed by atoms with Crippen LogP contribution in [0.2, 0.25) is 0 Å². The summed E-state index contributed by atoms with van der Waals surface area (Å²) in [5, 5.41) is 6.67. The lowest BCUT2D eigenvalue weighted by molar-refractivity contribution is -0.127. The smallest absolute Gasteiger partial charge is 0.243 e. The number of nitrogens with zero attached hydrogens (tertiary/aromatic N) is 2. The molecule has 0 aliphatic rings. The summed E-state index contributed by atoms with van der Waals surface area (Å²) in [6.07, 6.45) is 1.99. The van der Waals surface area contributed by atoms with Crippen LogP contribution in [0.1, 0.15) is 38.3 Å². The molecule has 0 aromatic heterocycles. The minimum atomic E-state index is -0.0233. The van der Waals surface area contributed by atoms with Crippen LogP contribution in [0.5, 0.6) is 0 Å². The summed E-state index contributed by atoms with van der Waals surface area (Å²) < 4.78 is 5.34. The summed E-state index contributed by atoms with van der Waals surface area (Å²) >= 11 is 0. The average molecular weight is 348 g/mol. The lowest BCUT2D eigenvalue weighted by Crippen LogP contribution is -2.40. The van der Waals surface area contributed by atoms with E-state index in [0.29, 0.717) is 5.96 Å². The standard InChI is InChI=1S/C19H32N4O2/c1-5-25-14-10-9-13-20-19(21-15-18(24)23(3)4)22-16(2)17-11-7-6-8-12-17/h6-8,11-12,16H,5,9-10,13-15H2,1-4H3,(H2,20,21,22). The van der Waals surface area contributed by atoms with Gasteiger partial charge in [-0.15, -0.1) is 0 Å². The van der Waals surface area contributed by atoms with Crippen molar-refractivity contribution < 1.29 is 9.53 Å². The first-order chi connectivity index (χ1) is 12.0. The van der Waals surface area contributed by atoms with E-state index in [2.05, 4.69) is 34.7 Å². The molecule has 6 heteroatoms. The van der Waals surface area contributed by atoms with Crippen molar-refractivity contribution in [2.24, 2.45) is 4.99 Å². The van der Waals surface area contributed by atoms with Crippen molar-refractivity contribution in [3.63, 3.8) is 0 Å². The van der Waals surface area contributed by atoms with Gasteiger partial charge in [-0.1, -0.05) is 30.3 Å². The quantitative estimate of drug-likeness (QED) is 0.386. The fourth-order valence-electron chi connectivity index (χ4n) is 2.15. The predicted molar refractivity (Wildman–Crippen MR) is 103 cm³/mol. The van der Waals surface area contributed by atoms with Crippen LogP contribution >= 0.6 is 0 Å². The van der Waals surface area contributed by atoms with E-state index in [4.69, 9.17) is 4.74 Å². The Morgan fingerprint density at radius 2 is 1.96 bits per heavy atom. The van der Waals surface area contributed by atoms with Gasteiger partial charge in [-0.2, -0.15) is 0 Å². The number of carbonyl (C=O) groups is 1. The zero-order valence-corrected chi connectivity index (χ0v) is 15.9. The fraction of sp³-hybridized carbons (Fsp3) is 0.579. The van der Waals surface area contributed by atoms with E-state index in [-0.39, 0.29) is 18.5 Å². The molecule has 25 heavy (non-hydrogen) atoms. The first-order valence-electron chi connectivity index (χ1n) is 8.92. The van der Waals surface area contributed by atoms with E-state index < -0.39 is 0 Å². The van der Waals surface area contributed by atoms with Gasteiger partial charge in [0, 0.05) is 33.9 Å². The molecule has 1 amide bonds. The van der Waals surface area contributed by atoms with E-state index in [0.717, 1.165) is 32.6 Å². The molecule has 6 nitrogen and oxygen atoms in total. The molecule has 1 unspecified atom stereocenters. The van der Waals surface area contributed by atoms with E-state index >= 15 is 0 Å². The molecule has 0 heterocycles. The van der Waals surface area contributed by atoms with Gasteiger partial charge >= 0.3 is 0 Å². The molecular formula is C19H32N4O2.